The molecule has 2 heterocycles. The second-order valence-electron chi connectivity index (χ2n) is 9.90. The second-order valence-corrected chi connectivity index (χ2v) is 9.90. The zero-order chi connectivity index (χ0) is 26.9. The molecule has 0 N–H and O–H groups in total. The van der Waals surface area contributed by atoms with Crippen LogP contribution in [0.25, 0.3) is 10.9 Å². The Morgan fingerprint density at radius 1 is 1.03 bits per heavy atom. The minimum Gasteiger partial charge on any atom is -0.364 e. The molecular formula is C28H33FN4O4. The normalized spacial score (nSPS) is 18.3. The fourth-order valence-electron chi connectivity index (χ4n) is 4.86. The van der Waals surface area contributed by atoms with Gasteiger partial charge in [0.05, 0.1) is 11.1 Å². The molecule has 1 aromatic heterocycles. The summed E-state index contributed by atoms with van der Waals surface area (Å²) in [5, 5.41) is 0.605. The fraction of sp³-hybridized carbons (Fsp3) is 0.393. The van der Waals surface area contributed by atoms with Gasteiger partial charge in [0.1, 0.15) is 12.5 Å². The number of amides is 2. The Morgan fingerprint density at radius 2 is 1.73 bits per heavy atom. The van der Waals surface area contributed by atoms with Crippen molar-refractivity contribution < 1.29 is 23.5 Å². The Kier molecular flexibility index (Phi) is 7.75. The fourth-order valence-corrected chi connectivity index (χ4v) is 4.86. The van der Waals surface area contributed by atoms with Gasteiger partial charge >= 0.3 is 0 Å². The highest BCUT2D eigenvalue weighted by atomic mass is 19.1. The number of benzene rings is 2. The van der Waals surface area contributed by atoms with E-state index >= 15 is 0 Å². The van der Waals surface area contributed by atoms with E-state index in [1.165, 1.54) is 31.1 Å². The van der Waals surface area contributed by atoms with Gasteiger partial charge in [-0.05, 0) is 49.7 Å². The van der Waals surface area contributed by atoms with Gasteiger partial charge in [-0.1, -0.05) is 12.1 Å². The van der Waals surface area contributed by atoms with Crippen LogP contribution in [0, 0.1) is 5.82 Å². The lowest BCUT2D eigenvalue weighted by atomic mass is 10.0. The maximum atomic E-state index is 13.9. The van der Waals surface area contributed by atoms with Crippen LogP contribution in [0.4, 0.5) is 4.39 Å². The number of Topliss-reactive ketones (excluding diaryl/α,β-unsaturated/α-hetero) is 1. The van der Waals surface area contributed by atoms with Crippen molar-refractivity contribution in [3.05, 3.63) is 71.2 Å². The maximum absolute atomic E-state index is 13.9. The third kappa shape index (κ3) is 5.42. The molecule has 2 unspecified atom stereocenters. The standard InChI is InChI=1S/C28H33FN4O4/c1-18-14-33(19(2)13-31(18)15-20-6-9-22(29)10-7-20)27(35)24-16-32(17-37-5)25-11-8-21(12-23(24)25)26(34)28(36)30(3)4/h6-12,16,18-19H,13-15,17H2,1-5H3. The summed E-state index contributed by atoms with van der Waals surface area (Å²) < 4.78 is 20.4. The molecule has 0 spiro atoms. The summed E-state index contributed by atoms with van der Waals surface area (Å²) >= 11 is 0. The van der Waals surface area contributed by atoms with Crippen LogP contribution in [-0.2, 0) is 22.8 Å². The van der Waals surface area contributed by atoms with Crippen molar-refractivity contribution in [2.75, 3.05) is 34.3 Å². The number of aromatic nitrogens is 1. The zero-order valence-electron chi connectivity index (χ0n) is 21.9. The van der Waals surface area contributed by atoms with E-state index in [-0.39, 0.29) is 36.1 Å². The van der Waals surface area contributed by atoms with E-state index in [1.54, 1.807) is 43.6 Å². The van der Waals surface area contributed by atoms with Crippen LogP contribution < -0.4 is 0 Å². The van der Waals surface area contributed by atoms with E-state index in [0.717, 1.165) is 11.1 Å². The molecule has 1 saturated heterocycles. The minimum atomic E-state index is -0.624. The molecule has 0 bridgehead atoms. The first-order valence-electron chi connectivity index (χ1n) is 12.3. The first-order valence-corrected chi connectivity index (χ1v) is 12.3. The number of fused-ring (bicyclic) bond motifs is 1. The summed E-state index contributed by atoms with van der Waals surface area (Å²) in [6.45, 7) is 6.20. The SMILES string of the molecule is COCn1cc(C(=O)N2CC(C)N(Cc3ccc(F)cc3)CC2C)c2cc(C(=O)C(=O)N(C)C)ccc21. The topological polar surface area (TPSA) is 75.1 Å². The highest BCUT2D eigenvalue weighted by molar-refractivity contribution is 6.43. The van der Waals surface area contributed by atoms with Crippen LogP contribution in [0.1, 0.15) is 40.1 Å². The van der Waals surface area contributed by atoms with Crippen molar-refractivity contribution in [3.8, 4) is 0 Å². The van der Waals surface area contributed by atoms with Gasteiger partial charge in [-0.15, -0.1) is 0 Å². The Hall–Kier alpha value is -3.56. The van der Waals surface area contributed by atoms with Crippen molar-refractivity contribution in [1.82, 2.24) is 19.3 Å². The number of methoxy groups -OCH3 is 1. The molecule has 2 atom stereocenters. The Labute approximate surface area is 216 Å². The van der Waals surface area contributed by atoms with Crippen LogP contribution in [0.15, 0.2) is 48.7 Å². The van der Waals surface area contributed by atoms with Crippen molar-refractivity contribution in [2.45, 2.75) is 39.2 Å². The van der Waals surface area contributed by atoms with Crippen molar-refractivity contribution >= 4 is 28.5 Å². The largest absolute Gasteiger partial charge is 0.364 e. The first-order chi connectivity index (χ1) is 17.6. The molecular weight excluding hydrogens is 475 g/mol. The van der Waals surface area contributed by atoms with Crippen LogP contribution in [0.3, 0.4) is 0 Å². The summed E-state index contributed by atoms with van der Waals surface area (Å²) in [5.41, 5.74) is 2.47. The number of piperazine rings is 1. The number of nitrogens with zero attached hydrogens (tertiary/aromatic N) is 4. The molecule has 0 saturated carbocycles. The van der Waals surface area contributed by atoms with Gasteiger partial charge in [0.25, 0.3) is 11.8 Å². The van der Waals surface area contributed by atoms with Gasteiger partial charge in [0.2, 0.25) is 5.78 Å². The number of ketones is 1. The minimum absolute atomic E-state index is 0.0647. The van der Waals surface area contributed by atoms with Crippen LogP contribution in [0.5, 0.6) is 0 Å². The number of ether oxygens (including phenoxy) is 1. The molecule has 4 rings (SSSR count). The average molecular weight is 509 g/mol. The van der Waals surface area contributed by atoms with E-state index < -0.39 is 11.7 Å². The summed E-state index contributed by atoms with van der Waals surface area (Å²) in [6, 6.07) is 11.5. The second kappa shape index (κ2) is 10.8. The maximum Gasteiger partial charge on any atom is 0.294 e. The number of rotatable bonds is 7. The third-order valence-electron chi connectivity index (χ3n) is 6.92. The number of halogens is 1. The molecule has 8 nitrogen and oxygen atoms in total. The van der Waals surface area contributed by atoms with E-state index in [4.69, 9.17) is 4.74 Å². The molecule has 0 radical (unpaired) electrons. The lowest BCUT2D eigenvalue weighted by Crippen LogP contribution is -2.57. The van der Waals surface area contributed by atoms with E-state index in [1.807, 2.05) is 16.4 Å². The number of hydrogen-bond donors (Lipinski definition) is 0. The molecule has 3 aromatic rings. The Bertz CT molecular complexity index is 1320. The highest BCUT2D eigenvalue weighted by Gasteiger charge is 2.34. The number of hydrogen-bond acceptors (Lipinski definition) is 5. The van der Waals surface area contributed by atoms with Gasteiger partial charge in [0.15, 0.2) is 0 Å². The van der Waals surface area contributed by atoms with Crippen molar-refractivity contribution in [2.24, 2.45) is 0 Å². The van der Waals surface area contributed by atoms with Crippen LogP contribution in [0.2, 0.25) is 0 Å². The molecule has 2 amide bonds. The Morgan fingerprint density at radius 3 is 2.38 bits per heavy atom. The smallest absolute Gasteiger partial charge is 0.294 e. The molecule has 196 valence electrons. The molecule has 37 heavy (non-hydrogen) atoms. The lowest BCUT2D eigenvalue weighted by Gasteiger charge is -2.44. The first kappa shape index (κ1) is 26.5. The van der Waals surface area contributed by atoms with E-state index in [0.29, 0.717) is 30.6 Å². The number of likely N-dealkylation sites (N-methyl/N-ethyl adjacent to an activating group) is 1. The van der Waals surface area contributed by atoms with E-state index in [2.05, 4.69) is 11.8 Å². The summed E-state index contributed by atoms with van der Waals surface area (Å²) in [5.74, 6) is -1.64. The van der Waals surface area contributed by atoms with Crippen LogP contribution in [-0.4, -0.2) is 83.2 Å². The van der Waals surface area contributed by atoms with Gasteiger partial charge in [0, 0.05) is 70.1 Å². The van der Waals surface area contributed by atoms with Crippen molar-refractivity contribution in [1.29, 1.82) is 0 Å². The lowest BCUT2D eigenvalue weighted by molar-refractivity contribution is -0.124. The van der Waals surface area contributed by atoms with Crippen molar-refractivity contribution in [3.63, 3.8) is 0 Å². The number of carbonyl (C=O) groups excluding carboxylic acids is 3. The summed E-state index contributed by atoms with van der Waals surface area (Å²) in [7, 11) is 4.63. The number of carbonyl (C=O) groups is 3. The molecule has 1 fully saturated rings. The summed E-state index contributed by atoms with van der Waals surface area (Å²) in [6.07, 6.45) is 1.75. The molecule has 1 aliphatic heterocycles. The third-order valence-corrected chi connectivity index (χ3v) is 6.92. The zero-order valence-corrected chi connectivity index (χ0v) is 21.9. The van der Waals surface area contributed by atoms with Gasteiger partial charge in [-0.25, -0.2) is 4.39 Å². The Balaban J connectivity index is 1.62. The molecule has 1 aliphatic rings. The highest BCUT2D eigenvalue weighted by Crippen LogP contribution is 2.27. The van der Waals surface area contributed by atoms with Gasteiger partial charge in [-0.2, -0.15) is 0 Å². The van der Waals surface area contributed by atoms with Gasteiger partial charge in [-0.3, -0.25) is 19.3 Å². The average Bonchev–Trinajstić information content (AvgIpc) is 3.23. The quantitative estimate of drug-likeness (QED) is 0.361. The molecule has 2 aromatic carbocycles. The molecule has 9 heteroatoms. The predicted molar refractivity (Wildman–Crippen MR) is 139 cm³/mol. The summed E-state index contributed by atoms with van der Waals surface area (Å²) in [4.78, 5) is 44.2. The van der Waals surface area contributed by atoms with Gasteiger partial charge < -0.3 is 19.1 Å². The predicted octanol–water partition coefficient (Wildman–Crippen LogP) is 3.39. The van der Waals surface area contributed by atoms with Crippen LogP contribution >= 0.6 is 0 Å². The molecule has 0 aliphatic carbocycles. The van der Waals surface area contributed by atoms with E-state index in [9.17, 15) is 18.8 Å². The monoisotopic (exact) mass is 508 g/mol.